The first kappa shape index (κ1) is 26.0. The molecule has 3 unspecified atom stereocenters. The number of aliphatic hydroxyl groups excluding tert-OH is 1. The van der Waals surface area contributed by atoms with E-state index in [2.05, 4.69) is 13.5 Å². The van der Waals surface area contributed by atoms with Crippen LogP contribution >= 0.6 is 23.4 Å². The van der Waals surface area contributed by atoms with Crippen LogP contribution in [0.25, 0.3) is 0 Å². The Balaban J connectivity index is 1.87. The van der Waals surface area contributed by atoms with Crippen LogP contribution in [0.15, 0.2) is 30.9 Å². The highest BCUT2D eigenvalue weighted by Gasteiger charge is 2.77. The van der Waals surface area contributed by atoms with Crippen LogP contribution in [0.5, 0.6) is 0 Å². The second-order valence-electron chi connectivity index (χ2n) is 9.72. The number of nitrogens with zero attached hydrogens (tertiary/aromatic N) is 2. The first-order valence-corrected chi connectivity index (χ1v) is 13.4. The van der Waals surface area contributed by atoms with Crippen LogP contribution in [0.4, 0.5) is 5.69 Å². The van der Waals surface area contributed by atoms with Crippen molar-refractivity contribution in [1.82, 2.24) is 4.90 Å². The minimum Gasteiger partial charge on any atom is -0.466 e. The Kier molecular flexibility index (Phi) is 7.28. The minimum absolute atomic E-state index is 0.0138. The quantitative estimate of drug-likeness (QED) is 0.417. The lowest BCUT2D eigenvalue weighted by Crippen LogP contribution is -2.59. The number of carbonyl (C=O) groups is 3. The van der Waals surface area contributed by atoms with E-state index < -0.39 is 28.7 Å². The van der Waals surface area contributed by atoms with Crippen molar-refractivity contribution >= 4 is 46.8 Å². The van der Waals surface area contributed by atoms with Gasteiger partial charge in [0.25, 0.3) is 5.91 Å². The van der Waals surface area contributed by atoms with Gasteiger partial charge in [0.15, 0.2) is 0 Å². The Labute approximate surface area is 215 Å². The Bertz CT molecular complexity index is 1030. The number of aliphatic hydroxyl groups is 1. The predicted octanol–water partition coefficient (Wildman–Crippen LogP) is 3.45. The number of thioether (sulfide) groups is 1. The van der Waals surface area contributed by atoms with E-state index in [-0.39, 0.29) is 48.7 Å². The number of carbonyl (C=O) groups excluding carboxylic acids is 3. The Morgan fingerprint density at radius 2 is 2.17 bits per heavy atom. The van der Waals surface area contributed by atoms with E-state index in [0.717, 1.165) is 12.0 Å². The van der Waals surface area contributed by atoms with Gasteiger partial charge < -0.3 is 19.6 Å². The molecule has 3 saturated heterocycles. The van der Waals surface area contributed by atoms with Crippen molar-refractivity contribution in [2.75, 3.05) is 24.7 Å². The molecule has 190 valence electrons. The lowest BCUT2D eigenvalue weighted by atomic mass is 9.66. The third kappa shape index (κ3) is 3.80. The largest absolute Gasteiger partial charge is 0.466 e. The van der Waals surface area contributed by atoms with E-state index in [4.69, 9.17) is 16.3 Å². The lowest BCUT2D eigenvalue weighted by Gasteiger charge is -2.41. The van der Waals surface area contributed by atoms with Gasteiger partial charge in [0.2, 0.25) is 5.91 Å². The van der Waals surface area contributed by atoms with Crippen molar-refractivity contribution in [1.29, 1.82) is 0 Å². The molecule has 1 aromatic carbocycles. The summed E-state index contributed by atoms with van der Waals surface area (Å²) in [6.07, 6.45) is 2.35. The molecule has 1 aromatic rings. The number of anilines is 1. The maximum atomic E-state index is 14.5. The summed E-state index contributed by atoms with van der Waals surface area (Å²) < 4.78 is 4.58. The molecule has 1 spiro atoms. The van der Waals surface area contributed by atoms with E-state index in [9.17, 15) is 19.5 Å². The van der Waals surface area contributed by atoms with E-state index in [0.29, 0.717) is 10.7 Å². The zero-order valence-electron chi connectivity index (χ0n) is 20.6. The summed E-state index contributed by atoms with van der Waals surface area (Å²) in [7, 11) is 0. The third-order valence-corrected chi connectivity index (χ3v) is 10.1. The van der Waals surface area contributed by atoms with Gasteiger partial charge in [-0.15, -0.1) is 18.3 Å². The van der Waals surface area contributed by atoms with Gasteiger partial charge in [0.05, 0.1) is 46.5 Å². The highest BCUT2D eigenvalue weighted by atomic mass is 35.5. The zero-order chi connectivity index (χ0) is 25.7. The van der Waals surface area contributed by atoms with E-state index in [1.807, 2.05) is 19.1 Å². The SMILES string of the molecule is C=CCN(C(=O)C1N([C@H](C)CO)C(=O)[C@@H]2[C@@H](C(=O)OCC)[C@H]3CC(C)C12S3)c1c(C)cccc1Cl. The Morgan fingerprint density at radius 1 is 1.46 bits per heavy atom. The Hall–Kier alpha value is -2.03. The summed E-state index contributed by atoms with van der Waals surface area (Å²) in [6.45, 7) is 11.4. The summed E-state index contributed by atoms with van der Waals surface area (Å²) >= 11 is 8.15. The molecular weight excluding hydrogens is 488 g/mol. The molecule has 9 heteroatoms. The van der Waals surface area contributed by atoms with E-state index in [1.165, 1.54) is 4.90 Å². The van der Waals surface area contributed by atoms with Crippen LogP contribution in [0.2, 0.25) is 5.02 Å². The summed E-state index contributed by atoms with van der Waals surface area (Å²) in [4.78, 5) is 44.6. The summed E-state index contributed by atoms with van der Waals surface area (Å²) in [6, 6.07) is 3.99. The average Bonchev–Trinajstić information content (AvgIpc) is 3.41. The molecule has 3 fully saturated rings. The summed E-state index contributed by atoms with van der Waals surface area (Å²) in [5.41, 5.74) is 1.41. The monoisotopic (exact) mass is 520 g/mol. The first-order valence-electron chi connectivity index (χ1n) is 12.1. The van der Waals surface area contributed by atoms with Crippen LogP contribution in [0.1, 0.15) is 32.8 Å². The van der Waals surface area contributed by atoms with Crippen molar-refractivity contribution in [3.8, 4) is 0 Å². The number of ether oxygens (including phenoxy) is 1. The minimum atomic E-state index is -0.859. The molecule has 7 atom stereocenters. The molecule has 4 rings (SSSR count). The molecule has 0 saturated carbocycles. The van der Waals surface area contributed by atoms with Gasteiger partial charge in [0, 0.05) is 11.8 Å². The van der Waals surface area contributed by atoms with Crippen LogP contribution in [0.3, 0.4) is 0 Å². The molecule has 0 aliphatic carbocycles. The number of halogens is 1. The second kappa shape index (κ2) is 9.79. The lowest BCUT2D eigenvalue weighted by molar-refractivity contribution is -0.154. The van der Waals surface area contributed by atoms with Crippen LogP contribution in [-0.4, -0.2) is 69.6 Å². The number of esters is 1. The third-order valence-electron chi connectivity index (χ3n) is 7.75. The number of likely N-dealkylation sites (tertiary alicyclic amines) is 1. The number of aryl methyl sites for hydroxylation is 1. The molecule has 2 bridgehead atoms. The first-order chi connectivity index (χ1) is 16.6. The standard InChI is InChI=1S/C26H33ClN2O5S/c1-6-11-28(21-14(3)9-8-10-17(21)27)24(32)22-26-15(4)12-18(35-26)19(25(33)34-7-2)20(26)23(31)29(22)16(5)13-30/h6,8-10,15-16,18-20,22,30H,1,7,11-13H2,2-5H3/t15?,16-,18-,19+,20+,22?,26?/m1/s1. The van der Waals surface area contributed by atoms with Crippen LogP contribution < -0.4 is 4.90 Å². The van der Waals surface area contributed by atoms with Crippen molar-refractivity contribution in [3.63, 3.8) is 0 Å². The zero-order valence-corrected chi connectivity index (χ0v) is 22.1. The van der Waals surface area contributed by atoms with Crippen molar-refractivity contribution in [2.24, 2.45) is 17.8 Å². The molecule has 0 aromatic heterocycles. The van der Waals surface area contributed by atoms with Crippen LogP contribution in [0, 0.1) is 24.7 Å². The van der Waals surface area contributed by atoms with Crippen molar-refractivity contribution < 1.29 is 24.2 Å². The van der Waals surface area contributed by atoms with Gasteiger partial charge in [-0.05, 0) is 44.7 Å². The van der Waals surface area contributed by atoms with Gasteiger partial charge >= 0.3 is 5.97 Å². The smallest absolute Gasteiger partial charge is 0.310 e. The maximum Gasteiger partial charge on any atom is 0.310 e. The van der Waals surface area contributed by atoms with Gasteiger partial charge in [-0.2, -0.15) is 0 Å². The molecule has 35 heavy (non-hydrogen) atoms. The number of para-hydroxylation sites is 1. The highest BCUT2D eigenvalue weighted by Crippen LogP contribution is 2.69. The van der Waals surface area contributed by atoms with Crippen molar-refractivity contribution in [2.45, 2.75) is 56.2 Å². The number of rotatable bonds is 8. The fourth-order valence-electron chi connectivity index (χ4n) is 6.34. The van der Waals surface area contributed by atoms with Gasteiger partial charge in [0.1, 0.15) is 6.04 Å². The second-order valence-corrected chi connectivity index (χ2v) is 11.7. The summed E-state index contributed by atoms with van der Waals surface area (Å²) in [5.74, 6) is -2.20. The predicted molar refractivity (Wildman–Crippen MR) is 137 cm³/mol. The highest BCUT2D eigenvalue weighted by molar-refractivity contribution is 8.02. The van der Waals surface area contributed by atoms with Crippen molar-refractivity contribution in [3.05, 3.63) is 41.4 Å². The average molecular weight is 521 g/mol. The molecule has 1 N–H and O–H groups in total. The molecule has 0 radical (unpaired) electrons. The molecule has 3 aliphatic rings. The van der Waals surface area contributed by atoms with E-state index in [1.54, 1.807) is 42.7 Å². The Morgan fingerprint density at radius 3 is 2.77 bits per heavy atom. The van der Waals surface area contributed by atoms with Gasteiger partial charge in [-0.1, -0.05) is 36.7 Å². The number of fused-ring (bicyclic) bond motifs is 1. The topological polar surface area (TPSA) is 87.2 Å². The maximum absolute atomic E-state index is 14.5. The molecule has 3 aliphatic heterocycles. The molecule has 3 heterocycles. The normalized spacial score (nSPS) is 31.9. The number of hydrogen-bond donors (Lipinski definition) is 1. The number of benzene rings is 1. The fourth-order valence-corrected chi connectivity index (χ4v) is 9.05. The number of hydrogen-bond acceptors (Lipinski definition) is 6. The van der Waals surface area contributed by atoms with Gasteiger partial charge in [-0.25, -0.2) is 0 Å². The number of amides is 2. The summed E-state index contributed by atoms with van der Waals surface area (Å²) in [5, 5.41) is 10.4. The molecule has 7 nitrogen and oxygen atoms in total. The van der Waals surface area contributed by atoms with E-state index >= 15 is 0 Å². The van der Waals surface area contributed by atoms with Crippen LogP contribution in [-0.2, 0) is 19.1 Å². The molecular formula is C26H33ClN2O5S. The van der Waals surface area contributed by atoms with Gasteiger partial charge in [-0.3, -0.25) is 14.4 Å². The fraction of sp³-hybridized carbons (Fsp3) is 0.577. The molecule has 2 amide bonds.